The molecule has 2 heteroatoms. The largest absolute Gasteiger partial charge is 0.383 e. The van der Waals surface area contributed by atoms with E-state index in [9.17, 15) is 0 Å². The number of piperidine rings is 1. The molecule has 0 aromatic heterocycles. The minimum Gasteiger partial charge on any atom is -0.383 e. The van der Waals surface area contributed by atoms with Gasteiger partial charge in [-0.15, -0.1) is 0 Å². The summed E-state index contributed by atoms with van der Waals surface area (Å²) in [6, 6.07) is 8.21. The third-order valence-electron chi connectivity index (χ3n) is 4.56. The van der Waals surface area contributed by atoms with Gasteiger partial charge in [0.2, 0.25) is 0 Å². The highest BCUT2D eigenvalue weighted by molar-refractivity contribution is 5.50. The number of hydrogen-bond donors (Lipinski definition) is 2. The molecule has 2 nitrogen and oxygen atoms in total. The average molecular weight is 258 g/mol. The second-order valence-electron chi connectivity index (χ2n) is 6.26. The van der Waals surface area contributed by atoms with Crippen molar-refractivity contribution in [1.29, 1.82) is 0 Å². The summed E-state index contributed by atoms with van der Waals surface area (Å²) in [5.41, 5.74) is 4.43. The number of aryl methyl sites for hydroxylation is 2. The molecule has 0 bridgehead atoms. The van der Waals surface area contributed by atoms with Crippen molar-refractivity contribution in [2.45, 2.75) is 64.0 Å². The molecule has 0 spiro atoms. The van der Waals surface area contributed by atoms with E-state index >= 15 is 0 Å². The fraction of sp³-hybridized carbons (Fsp3) is 0.647. The quantitative estimate of drug-likeness (QED) is 0.863. The molecule has 2 N–H and O–H groups in total. The molecule has 2 aliphatic rings. The lowest BCUT2D eigenvalue weighted by molar-refractivity contribution is 0.371. The topological polar surface area (TPSA) is 24.1 Å². The monoisotopic (exact) mass is 258 g/mol. The minimum atomic E-state index is 0.551. The highest BCUT2D eigenvalue weighted by Crippen LogP contribution is 2.25. The molecule has 1 heterocycles. The fourth-order valence-electron chi connectivity index (χ4n) is 3.56. The normalized spacial score (nSPS) is 23.9. The Balaban J connectivity index is 1.55. The first-order chi connectivity index (χ1) is 9.31. The van der Waals surface area contributed by atoms with E-state index in [2.05, 4.69) is 35.8 Å². The molecule has 1 aromatic rings. The van der Waals surface area contributed by atoms with Crippen molar-refractivity contribution >= 4 is 5.69 Å². The number of rotatable bonds is 4. The Morgan fingerprint density at radius 3 is 2.95 bits per heavy atom. The van der Waals surface area contributed by atoms with E-state index in [1.807, 2.05) is 0 Å². The van der Waals surface area contributed by atoms with Gasteiger partial charge < -0.3 is 10.6 Å². The molecule has 0 amide bonds. The summed E-state index contributed by atoms with van der Waals surface area (Å²) in [6.45, 7) is 3.51. The predicted molar refractivity (Wildman–Crippen MR) is 81.8 cm³/mol. The van der Waals surface area contributed by atoms with Gasteiger partial charge in [-0.25, -0.2) is 0 Å². The standard InChI is InChI=1S/C17H26N2/c1-13(11-16-7-2-3-10-18-16)19-17-9-8-14-5-4-6-15(14)12-17/h8-9,12-13,16,18-19H,2-7,10-11H2,1H3. The number of hydrogen-bond acceptors (Lipinski definition) is 2. The van der Waals surface area contributed by atoms with Gasteiger partial charge in [0.15, 0.2) is 0 Å². The lowest BCUT2D eigenvalue weighted by Gasteiger charge is -2.27. The number of nitrogens with one attached hydrogen (secondary N) is 2. The summed E-state index contributed by atoms with van der Waals surface area (Å²) in [6.07, 6.45) is 9.20. The number of benzene rings is 1. The second kappa shape index (κ2) is 5.96. The summed E-state index contributed by atoms with van der Waals surface area (Å²) >= 11 is 0. The maximum atomic E-state index is 3.68. The van der Waals surface area contributed by atoms with E-state index in [1.165, 1.54) is 57.2 Å². The molecule has 1 fully saturated rings. The first kappa shape index (κ1) is 13.0. The molecule has 2 atom stereocenters. The first-order valence-electron chi connectivity index (χ1n) is 7.93. The Hall–Kier alpha value is -1.02. The Bertz CT molecular complexity index is 421. The third-order valence-corrected chi connectivity index (χ3v) is 4.56. The van der Waals surface area contributed by atoms with E-state index in [0.717, 1.165) is 0 Å². The second-order valence-corrected chi connectivity index (χ2v) is 6.26. The Morgan fingerprint density at radius 2 is 2.11 bits per heavy atom. The van der Waals surface area contributed by atoms with Gasteiger partial charge in [0, 0.05) is 17.8 Å². The van der Waals surface area contributed by atoms with E-state index < -0.39 is 0 Å². The highest BCUT2D eigenvalue weighted by Gasteiger charge is 2.16. The van der Waals surface area contributed by atoms with Gasteiger partial charge in [0.1, 0.15) is 0 Å². The zero-order chi connectivity index (χ0) is 13.1. The van der Waals surface area contributed by atoms with Gasteiger partial charge in [-0.3, -0.25) is 0 Å². The van der Waals surface area contributed by atoms with Crippen LogP contribution in [0, 0.1) is 0 Å². The molecular weight excluding hydrogens is 232 g/mol. The van der Waals surface area contributed by atoms with Gasteiger partial charge in [-0.1, -0.05) is 12.5 Å². The molecule has 3 rings (SSSR count). The first-order valence-corrected chi connectivity index (χ1v) is 7.93. The van der Waals surface area contributed by atoms with Crippen molar-refractivity contribution in [1.82, 2.24) is 5.32 Å². The van der Waals surface area contributed by atoms with Crippen LogP contribution in [0.25, 0.3) is 0 Å². The average Bonchev–Trinajstić information content (AvgIpc) is 2.87. The summed E-state index contributed by atoms with van der Waals surface area (Å²) in [5, 5.41) is 7.32. The number of fused-ring (bicyclic) bond motifs is 1. The van der Waals surface area contributed by atoms with Crippen LogP contribution in [0.5, 0.6) is 0 Å². The smallest absolute Gasteiger partial charge is 0.0345 e. The van der Waals surface area contributed by atoms with Crippen LogP contribution in [0.2, 0.25) is 0 Å². The molecule has 104 valence electrons. The Labute approximate surface area is 117 Å². The molecule has 19 heavy (non-hydrogen) atoms. The summed E-state index contributed by atoms with van der Waals surface area (Å²) in [5.74, 6) is 0. The van der Waals surface area contributed by atoms with Crippen LogP contribution in [-0.2, 0) is 12.8 Å². The highest BCUT2D eigenvalue weighted by atomic mass is 15.0. The van der Waals surface area contributed by atoms with Crippen LogP contribution in [0.1, 0.15) is 50.2 Å². The van der Waals surface area contributed by atoms with E-state index in [1.54, 1.807) is 11.1 Å². The lowest BCUT2D eigenvalue weighted by atomic mass is 9.98. The third kappa shape index (κ3) is 3.30. The van der Waals surface area contributed by atoms with Crippen LogP contribution in [0.3, 0.4) is 0 Å². The lowest BCUT2D eigenvalue weighted by Crippen LogP contribution is -2.37. The molecule has 1 aliphatic carbocycles. The summed E-state index contributed by atoms with van der Waals surface area (Å²) in [7, 11) is 0. The molecular formula is C17H26N2. The number of anilines is 1. The predicted octanol–water partition coefficient (Wildman–Crippen LogP) is 3.51. The van der Waals surface area contributed by atoms with Crippen molar-refractivity contribution in [3.05, 3.63) is 29.3 Å². The molecule has 0 saturated carbocycles. The van der Waals surface area contributed by atoms with Crippen molar-refractivity contribution < 1.29 is 0 Å². The van der Waals surface area contributed by atoms with Gasteiger partial charge in [-0.2, -0.15) is 0 Å². The van der Waals surface area contributed by atoms with Crippen LogP contribution in [0.15, 0.2) is 18.2 Å². The van der Waals surface area contributed by atoms with Crippen molar-refractivity contribution in [3.63, 3.8) is 0 Å². The van der Waals surface area contributed by atoms with E-state index in [4.69, 9.17) is 0 Å². The molecule has 1 aromatic carbocycles. The van der Waals surface area contributed by atoms with E-state index in [0.29, 0.717) is 12.1 Å². The maximum Gasteiger partial charge on any atom is 0.0345 e. The molecule has 2 unspecified atom stereocenters. The summed E-state index contributed by atoms with van der Waals surface area (Å²) in [4.78, 5) is 0. The van der Waals surface area contributed by atoms with Crippen molar-refractivity contribution in [2.75, 3.05) is 11.9 Å². The molecule has 1 aliphatic heterocycles. The molecule has 1 saturated heterocycles. The van der Waals surface area contributed by atoms with Gasteiger partial charge in [-0.05, 0) is 75.3 Å². The van der Waals surface area contributed by atoms with E-state index in [-0.39, 0.29) is 0 Å². The zero-order valence-corrected chi connectivity index (χ0v) is 12.0. The van der Waals surface area contributed by atoms with Crippen LogP contribution < -0.4 is 10.6 Å². The molecule has 0 radical (unpaired) electrons. The SMILES string of the molecule is CC(CC1CCCCN1)Nc1ccc2c(c1)CCC2. The van der Waals surface area contributed by atoms with Crippen molar-refractivity contribution in [2.24, 2.45) is 0 Å². The van der Waals surface area contributed by atoms with Crippen LogP contribution >= 0.6 is 0 Å². The summed E-state index contributed by atoms with van der Waals surface area (Å²) < 4.78 is 0. The zero-order valence-electron chi connectivity index (χ0n) is 12.0. The van der Waals surface area contributed by atoms with Crippen LogP contribution in [0.4, 0.5) is 5.69 Å². The van der Waals surface area contributed by atoms with Crippen LogP contribution in [-0.4, -0.2) is 18.6 Å². The fourth-order valence-corrected chi connectivity index (χ4v) is 3.56. The van der Waals surface area contributed by atoms with Gasteiger partial charge in [0.05, 0.1) is 0 Å². The minimum absolute atomic E-state index is 0.551. The van der Waals surface area contributed by atoms with Gasteiger partial charge >= 0.3 is 0 Å². The maximum absolute atomic E-state index is 3.68. The Kier molecular flexibility index (Phi) is 4.07. The van der Waals surface area contributed by atoms with Crippen molar-refractivity contribution in [3.8, 4) is 0 Å². The van der Waals surface area contributed by atoms with Gasteiger partial charge in [0.25, 0.3) is 0 Å². The Morgan fingerprint density at radius 1 is 1.21 bits per heavy atom.